The first kappa shape index (κ1) is 8.79. The highest BCUT2D eigenvalue weighted by Gasteiger charge is 2.09. The maximum Gasteiger partial charge on any atom is 0.0250 e. The Labute approximate surface area is 76.8 Å². The van der Waals surface area contributed by atoms with Crippen LogP contribution in [0.15, 0.2) is 34.9 Å². The summed E-state index contributed by atoms with van der Waals surface area (Å²) < 4.78 is 0. The molecule has 0 bridgehead atoms. The average Bonchev–Trinajstić information content (AvgIpc) is 1.97. The molecular formula is C10H13Br. The van der Waals surface area contributed by atoms with Crippen molar-refractivity contribution in [3.8, 4) is 0 Å². The Bertz CT molecular complexity index is 244. The van der Waals surface area contributed by atoms with Crippen LogP contribution in [-0.2, 0) is 0 Å². The molecule has 0 N–H and O–H groups in total. The van der Waals surface area contributed by atoms with Gasteiger partial charge < -0.3 is 0 Å². The van der Waals surface area contributed by atoms with Crippen LogP contribution in [0.3, 0.4) is 0 Å². The van der Waals surface area contributed by atoms with Crippen molar-refractivity contribution in [2.75, 3.05) is 5.33 Å². The number of rotatable bonds is 1. The minimum Gasteiger partial charge on any atom is -0.0952 e. The van der Waals surface area contributed by atoms with E-state index < -0.39 is 0 Å². The van der Waals surface area contributed by atoms with Crippen LogP contribution in [0.25, 0.3) is 0 Å². The minimum atomic E-state index is 0.974. The van der Waals surface area contributed by atoms with E-state index in [1.54, 1.807) is 0 Å². The van der Waals surface area contributed by atoms with Gasteiger partial charge in [0.25, 0.3) is 0 Å². The minimum absolute atomic E-state index is 0.974. The smallest absolute Gasteiger partial charge is 0.0250 e. The van der Waals surface area contributed by atoms with E-state index in [0.29, 0.717) is 0 Å². The molecule has 1 aliphatic rings. The Morgan fingerprint density at radius 2 is 2.18 bits per heavy atom. The molecule has 0 spiro atoms. The van der Waals surface area contributed by atoms with E-state index >= 15 is 0 Å². The summed E-state index contributed by atoms with van der Waals surface area (Å²) in [7, 11) is 0. The van der Waals surface area contributed by atoms with Gasteiger partial charge in [0, 0.05) is 5.33 Å². The predicted molar refractivity (Wildman–Crippen MR) is 54.0 cm³/mol. The molecule has 0 atom stereocenters. The van der Waals surface area contributed by atoms with Crippen LogP contribution in [-0.4, -0.2) is 5.33 Å². The number of allylic oxidation sites excluding steroid dienone is 5. The molecule has 0 aromatic rings. The van der Waals surface area contributed by atoms with E-state index in [4.69, 9.17) is 0 Å². The van der Waals surface area contributed by atoms with Crippen molar-refractivity contribution >= 4 is 15.9 Å². The van der Waals surface area contributed by atoms with E-state index in [0.717, 1.165) is 11.8 Å². The van der Waals surface area contributed by atoms with Gasteiger partial charge in [0.1, 0.15) is 0 Å². The number of alkyl halides is 1. The lowest BCUT2D eigenvalue weighted by molar-refractivity contribution is 1.07. The van der Waals surface area contributed by atoms with Crippen molar-refractivity contribution in [1.29, 1.82) is 0 Å². The number of halogens is 1. The van der Waals surface area contributed by atoms with E-state index in [1.807, 2.05) is 0 Å². The zero-order valence-electron chi connectivity index (χ0n) is 7.08. The lowest BCUT2D eigenvalue weighted by Crippen LogP contribution is -1.99. The first-order chi connectivity index (χ1) is 5.15. The Kier molecular flexibility index (Phi) is 2.72. The van der Waals surface area contributed by atoms with Crippen LogP contribution in [0.1, 0.15) is 20.3 Å². The predicted octanol–water partition coefficient (Wildman–Crippen LogP) is 3.60. The van der Waals surface area contributed by atoms with Crippen molar-refractivity contribution in [1.82, 2.24) is 0 Å². The fourth-order valence-electron chi connectivity index (χ4n) is 1.22. The zero-order chi connectivity index (χ0) is 8.43. The van der Waals surface area contributed by atoms with Gasteiger partial charge in [-0.2, -0.15) is 0 Å². The monoisotopic (exact) mass is 212 g/mol. The Morgan fingerprint density at radius 3 is 2.73 bits per heavy atom. The molecule has 0 heterocycles. The number of hydrogen-bond acceptors (Lipinski definition) is 0. The summed E-state index contributed by atoms with van der Waals surface area (Å²) in [5, 5.41) is 0.974. The Morgan fingerprint density at radius 1 is 1.55 bits per heavy atom. The first-order valence-electron chi connectivity index (χ1n) is 3.76. The fourth-order valence-corrected chi connectivity index (χ4v) is 1.86. The van der Waals surface area contributed by atoms with Crippen LogP contribution in [0.4, 0.5) is 0 Å². The highest BCUT2D eigenvalue weighted by atomic mass is 79.9. The molecule has 0 saturated heterocycles. The second-order valence-corrected chi connectivity index (χ2v) is 3.59. The SMILES string of the molecule is C=C1CC(CBr)=C(C)C=C1C. The van der Waals surface area contributed by atoms with Crippen molar-refractivity contribution in [3.63, 3.8) is 0 Å². The van der Waals surface area contributed by atoms with Crippen LogP contribution in [0, 0.1) is 0 Å². The van der Waals surface area contributed by atoms with Crippen LogP contribution in [0.5, 0.6) is 0 Å². The van der Waals surface area contributed by atoms with Crippen molar-refractivity contribution in [2.24, 2.45) is 0 Å². The molecule has 0 aliphatic heterocycles. The summed E-state index contributed by atoms with van der Waals surface area (Å²) in [4.78, 5) is 0. The van der Waals surface area contributed by atoms with Gasteiger partial charge in [-0.25, -0.2) is 0 Å². The fraction of sp³-hybridized carbons (Fsp3) is 0.400. The quantitative estimate of drug-likeness (QED) is 0.583. The summed E-state index contributed by atoms with van der Waals surface area (Å²) in [6.07, 6.45) is 3.25. The van der Waals surface area contributed by atoms with Crippen molar-refractivity contribution in [2.45, 2.75) is 20.3 Å². The molecule has 1 heteroatoms. The summed E-state index contributed by atoms with van der Waals surface area (Å²) in [5.41, 5.74) is 5.43. The lowest BCUT2D eigenvalue weighted by Gasteiger charge is -2.16. The van der Waals surface area contributed by atoms with Gasteiger partial charge in [-0.05, 0) is 31.4 Å². The molecule has 0 radical (unpaired) electrons. The van der Waals surface area contributed by atoms with E-state index in [2.05, 4.69) is 42.4 Å². The standard InChI is InChI=1S/C10H13Br/c1-7-4-9(3)10(6-11)5-8(7)2/h4H,2,5-6H2,1,3H3. The summed E-state index contributed by atoms with van der Waals surface area (Å²) in [5.74, 6) is 0. The van der Waals surface area contributed by atoms with Gasteiger partial charge in [-0.3, -0.25) is 0 Å². The van der Waals surface area contributed by atoms with Crippen molar-refractivity contribution < 1.29 is 0 Å². The van der Waals surface area contributed by atoms with Gasteiger partial charge >= 0.3 is 0 Å². The second kappa shape index (κ2) is 3.40. The van der Waals surface area contributed by atoms with Crippen LogP contribution in [0.2, 0.25) is 0 Å². The maximum atomic E-state index is 4.00. The topological polar surface area (TPSA) is 0 Å². The Hall–Kier alpha value is -0.300. The third-order valence-corrected chi connectivity index (χ3v) is 2.81. The van der Waals surface area contributed by atoms with Gasteiger partial charge in [0.05, 0.1) is 0 Å². The molecular weight excluding hydrogens is 200 g/mol. The summed E-state index contributed by atoms with van der Waals surface area (Å²) in [6.45, 7) is 8.29. The molecule has 60 valence electrons. The average molecular weight is 213 g/mol. The largest absolute Gasteiger partial charge is 0.0952 e. The van der Waals surface area contributed by atoms with Gasteiger partial charge in [0.2, 0.25) is 0 Å². The van der Waals surface area contributed by atoms with Crippen molar-refractivity contribution in [3.05, 3.63) is 34.9 Å². The third-order valence-electron chi connectivity index (χ3n) is 2.14. The second-order valence-electron chi connectivity index (χ2n) is 3.03. The Balaban J connectivity index is 2.96. The van der Waals surface area contributed by atoms with Crippen LogP contribution < -0.4 is 0 Å². The van der Waals surface area contributed by atoms with Gasteiger partial charge in [-0.1, -0.05) is 39.7 Å². The molecule has 1 aliphatic carbocycles. The van der Waals surface area contributed by atoms with E-state index in [9.17, 15) is 0 Å². The number of hydrogen-bond donors (Lipinski definition) is 0. The van der Waals surface area contributed by atoms with Gasteiger partial charge in [-0.15, -0.1) is 0 Å². The normalized spacial score (nSPS) is 18.8. The molecule has 0 amide bonds. The highest BCUT2D eigenvalue weighted by molar-refractivity contribution is 9.09. The highest BCUT2D eigenvalue weighted by Crippen LogP contribution is 2.27. The maximum absolute atomic E-state index is 4.00. The first-order valence-corrected chi connectivity index (χ1v) is 4.88. The molecule has 0 saturated carbocycles. The van der Waals surface area contributed by atoms with Gasteiger partial charge in [0.15, 0.2) is 0 Å². The van der Waals surface area contributed by atoms with Crippen LogP contribution >= 0.6 is 15.9 Å². The summed E-state index contributed by atoms with van der Waals surface area (Å²) in [6, 6.07) is 0. The zero-order valence-corrected chi connectivity index (χ0v) is 8.66. The van der Waals surface area contributed by atoms with E-state index in [-0.39, 0.29) is 0 Å². The molecule has 0 aromatic heterocycles. The molecule has 0 nitrogen and oxygen atoms in total. The molecule has 11 heavy (non-hydrogen) atoms. The van der Waals surface area contributed by atoms with E-state index in [1.165, 1.54) is 22.3 Å². The lowest BCUT2D eigenvalue weighted by atomic mass is 9.91. The molecule has 0 fully saturated rings. The summed E-state index contributed by atoms with van der Waals surface area (Å²) >= 11 is 3.47. The molecule has 0 unspecified atom stereocenters. The molecule has 0 aromatic carbocycles. The molecule has 1 rings (SSSR count). The third kappa shape index (κ3) is 1.84.